The summed E-state index contributed by atoms with van der Waals surface area (Å²) in [7, 11) is 0. The fraction of sp³-hybridized carbons (Fsp3) is 0.105. The SMILES string of the molecule is CC(=NOC(=O)c1ccc(C)cc1)c1cc2ccccc2oc1=O. The van der Waals surface area contributed by atoms with E-state index in [1.807, 2.05) is 31.2 Å². The molecule has 0 spiro atoms. The van der Waals surface area contributed by atoms with Crippen LogP contribution in [0.5, 0.6) is 0 Å². The lowest BCUT2D eigenvalue weighted by molar-refractivity contribution is 0.0516. The number of oxime groups is 1. The van der Waals surface area contributed by atoms with Crippen molar-refractivity contribution >= 4 is 22.7 Å². The predicted octanol–water partition coefficient (Wildman–Crippen LogP) is 3.68. The highest BCUT2D eigenvalue weighted by atomic mass is 16.7. The Kier molecular flexibility index (Phi) is 4.24. The molecule has 1 heterocycles. The lowest BCUT2D eigenvalue weighted by atomic mass is 10.1. The molecule has 0 saturated heterocycles. The minimum absolute atomic E-state index is 0.255. The second kappa shape index (κ2) is 6.50. The van der Waals surface area contributed by atoms with Gasteiger partial charge in [0.05, 0.1) is 16.8 Å². The van der Waals surface area contributed by atoms with Gasteiger partial charge in [-0.3, -0.25) is 0 Å². The number of nitrogens with zero attached hydrogens (tertiary/aromatic N) is 1. The molecule has 0 unspecified atom stereocenters. The normalized spacial score (nSPS) is 11.5. The summed E-state index contributed by atoms with van der Waals surface area (Å²) in [6, 6.07) is 15.8. The molecule has 0 atom stereocenters. The van der Waals surface area contributed by atoms with Gasteiger partial charge in [0.1, 0.15) is 5.58 Å². The van der Waals surface area contributed by atoms with Gasteiger partial charge in [0.15, 0.2) is 0 Å². The molecule has 1 aromatic heterocycles. The minimum Gasteiger partial charge on any atom is -0.422 e. The van der Waals surface area contributed by atoms with Gasteiger partial charge in [-0.15, -0.1) is 0 Å². The smallest absolute Gasteiger partial charge is 0.365 e. The first-order valence-electron chi connectivity index (χ1n) is 7.40. The average Bonchev–Trinajstić information content (AvgIpc) is 2.59. The van der Waals surface area contributed by atoms with E-state index in [4.69, 9.17) is 9.25 Å². The van der Waals surface area contributed by atoms with Crippen molar-refractivity contribution in [1.29, 1.82) is 0 Å². The molecule has 3 rings (SSSR count). The highest BCUT2D eigenvalue weighted by Crippen LogP contribution is 2.13. The number of fused-ring (bicyclic) bond motifs is 1. The molecule has 120 valence electrons. The molecule has 0 radical (unpaired) electrons. The van der Waals surface area contributed by atoms with Gasteiger partial charge < -0.3 is 9.25 Å². The summed E-state index contributed by atoms with van der Waals surface area (Å²) in [6.07, 6.45) is 0. The Hall–Kier alpha value is -3.21. The quantitative estimate of drug-likeness (QED) is 0.319. The molecule has 0 amide bonds. The van der Waals surface area contributed by atoms with Crippen molar-refractivity contribution in [2.75, 3.05) is 0 Å². The number of rotatable bonds is 3. The number of hydrogen-bond acceptors (Lipinski definition) is 5. The highest BCUT2D eigenvalue weighted by Gasteiger charge is 2.11. The second-order valence-corrected chi connectivity index (χ2v) is 5.41. The minimum atomic E-state index is -0.584. The Balaban J connectivity index is 1.85. The van der Waals surface area contributed by atoms with E-state index < -0.39 is 11.6 Å². The third-order valence-corrected chi connectivity index (χ3v) is 3.58. The van der Waals surface area contributed by atoms with Crippen LogP contribution in [-0.4, -0.2) is 11.7 Å². The number of hydrogen-bond donors (Lipinski definition) is 0. The molecule has 24 heavy (non-hydrogen) atoms. The Labute approximate surface area is 138 Å². The maximum absolute atomic E-state index is 12.0. The summed E-state index contributed by atoms with van der Waals surface area (Å²) in [4.78, 5) is 28.9. The first kappa shape index (κ1) is 15.7. The van der Waals surface area contributed by atoms with Gasteiger partial charge in [0.2, 0.25) is 0 Å². The topological polar surface area (TPSA) is 68.9 Å². The van der Waals surface area contributed by atoms with Gasteiger partial charge in [-0.25, -0.2) is 9.59 Å². The van der Waals surface area contributed by atoms with Crippen molar-refractivity contribution < 1.29 is 14.0 Å². The standard InChI is InChI=1S/C19H15NO4/c1-12-7-9-14(10-8-12)18(21)24-20-13(2)16-11-15-5-3-4-6-17(15)23-19(16)22/h3-11H,1-2H3. The molecule has 0 aliphatic carbocycles. The van der Waals surface area contributed by atoms with Crippen LogP contribution in [0.15, 0.2) is 69.0 Å². The van der Waals surface area contributed by atoms with Gasteiger partial charge in [0.25, 0.3) is 0 Å². The summed E-state index contributed by atoms with van der Waals surface area (Å²) in [5.41, 5.74) is 1.93. The third kappa shape index (κ3) is 3.25. The Bertz CT molecular complexity index is 984. The van der Waals surface area contributed by atoms with Crippen molar-refractivity contribution in [2.24, 2.45) is 5.16 Å². The number of carbonyl (C=O) groups is 1. The molecule has 0 fully saturated rings. The summed E-state index contributed by atoms with van der Waals surface area (Å²) < 4.78 is 5.24. The molecule has 0 aliphatic rings. The van der Waals surface area contributed by atoms with E-state index in [0.717, 1.165) is 10.9 Å². The predicted molar refractivity (Wildman–Crippen MR) is 91.3 cm³/mol. The van der Waals surface area contributed by atoms with E-state index in [9.17, 15) is 9.59 Å². The summed E-state index contributed by atoms with van der Waals surface area (Å²) >= 11 is 0. The van der Waals surface area contributed by atoms with E-state index in [1.54, 1.807) is 37.3 Å². The summed E-state index contributed by atoms with van der Waals surface area (Å²) in [5.74, 6) is -0.584. The zero-order valence-corrected chi connectivity index (χ0v) is 13.3. The fourth-order valence-electron chi connectivity index (χ4n) is 2.22. The maximum atomic E-state index is 12.0. The molecule has 0 saturated carbocycles. The van der Waals surface area contributed by atoms with Crippen LogP contribution in [-0.2, 0) is 4.84 Å². The zero-order chi connectivity index (χ0) is 17.1. The monoisotopic (exact) mass is 321 g/mol. The lowest BCUT2D eigenvalue weighted by Crippen LogP contribution is -2.13. The first-order valence-corrected chi connectivity index (χ1v) is 7.40. The van der Waals surface area contributed by atoms with Crippen LogP contribution in [0.25, 0.3) is 11.0 Å². The van der Waals surface area contributed by atoms with Gasteiger partial charge in [-0.2, -0.15) is 0 Å². The number of carbonyl (C=O) groups excluding carboxylic acids is 1. The van der Waals surface area contributed by atoms with Crippen LogP contribution >= 0.6 is 0 Å². The first-order chi connectivity index (χ1) is 11.5. The molecular weight excluding hydrogens is 306 g/mol. The Morgan fingerprint density at radius 1 is 1.08 bits per heavy atom. The van der Waals surface area contributed by atoms with Crippen molar-refractivity contribution in [3.05, 3.63) is 81.7 Å². The molecule has 5 nitrogen and oxygen atoms in total. The molecule has 2 aromatic carbocycles. The number of benzene rings is 2. The molecular formula is C19H15NO4. The van der Waals surface area contributed by atoms with Gasteiger partial charge in [-0.05, 0) is 38.1 Å². The molecule has 3 aromatic rings. The van der Waals surface area contributed by atoms with E-state index in [2.05, 4.69) is 5.16 Å². The van der Waals surface area contributed by atoms with Crippen LogP contribution in [0.2, 0.25) is 0 Å². The molecule has 0 N–H and O–H groups in total. The van der Waals surface area contributed by atoms with Crippen LogP contribution in [0, 0.1) is 6.92 Å². The van der Waals surface area contributed by atoms with E-state index in [0.29, 0.717) is 11.1 Å². The Morgan fingerprint density at radius 2 is 1.79 bits per heavy atom. The second-order valence-electron chi connectivity index (χ2n) is 5.41. The Morgan fingerprint density at radius 3 is 2.54 bits per heavy atom. The number of aryl methyl sites for hydroxylation is 1. The molecule has 0 bridgehead atoms. The lowest BCUT2D eigenvalue weighted by Gasteiger charge is -2.02. The van der Waals surface area contributed by atoms with Crippen molar-refractivity contribution in [3.63, 3.8) is 0 Å². The molecule has 0 aliphatic heterocycles. The van der Waals surface area contributed by atoms with E-state index in [1.165, 1.54) is 0 Å². The van der Waals surface area contributed by atoms with Crippen LogP contribution in [0.4, 0.5) is 0 Å². The fourth-order valence-corrected chi connectivity index (χ4v) is 2.22. The van der Waals surface area contributed by atoms with Crippen molar-refractivity contribution in [3.8, 4) is 0 Å². The van der Waals surface area contributed by atoms with Crippen LogP contribution in [0.1, 0.15) is 28.4 Å². The van der Waals surface area contributed by atoms with Gasteiger partial charge in [0, 0.05) is 5.39 Å². The largest absolute Gasteiger partial charge is 0.422 e. The van der Waals surface area contributed by atoms with Crippen LogP contribution in [0.3, 0.4) is 0 Å². The zero-order valence-electron chi connectivity index (χ0n) is 13.3. The average molecular weight is 321 g/mol. The third-order valence-electron chi connectivity index (χ3n) is 3.58. The molecule has 5 heteroatoms. The van der Waals surface area contributed by atoms with Crippen molar-refractivity contribution in [1.82, 2.24) is 0 Å². The van der Waals surface area contributed by atoms with Crippen LogP contribution < -0.4 is 5.63 Å². The maximum Gasteiger partial charge on any atom is 0.365 e. The van der Waals surface area contributed by atoms with Crippen molar-refractivity contribution in [2.45, 2.75) is 13.8 Å². The van der Waals surface area contributed by atoms with E-state index in [-0.39, 0.29) is 11.3 Å². The highest BCUT2D eigenvalue weighted by molar-refractivity contribution is 6.00. The summed E-state index contributed by atoms with van der Waals surface area (Å²) in [6.45, 7) is 3.51. The number of para-hydroxylation sites is 1. The van der Waals surface area contributed by atoms with Gasteiger partial charge in [-0.1, -0.05) is 41.1 Å². The summed E-state index contributed by atoms with van der Waals surface area (Å²) in [5, 5.41) is 4.54. The van der Waals surface area contributed by atoms with Gasteiger partial charge >= 0.3 is 11.6 Å². The van der Waals surface area contributed by atoms with E-state index >= 15 is 0 Å².